The fraction of sp³-hybridized carbons (Fsp3) is 0.310. The Morgan fingerprint density at radius 1 is 0.829 bits per heavy atom. The lowest BCUT2D eigenvalue weighted by atomic mass is 9.75. The van der Waals surface area contributed by atoms with Crippen molar-refractivity contribution in [3.05, 3.63) is 92.5 Å². The minimum absolute atomic E-state index is 0.0589. The van der Waals surface area contributed by atoms with E-state index < -0.39 is 17.5 Å². The van der Waals surface area contributed by atoms with Gasteiger partial charge in [0.2, 0.25) is 0 Å². The maximum absolute atomic E-state index is 13.2. The summed E-state index contributed by atoms with van der Waals surface area (Å²) in [5.74, 6) is -1.73. The fourth-order valence-electron chi connectivity index (χ4n) is 5.38. The van der Waals surface area contributed by atoms with E-state index in [-0.39, 0.29) is 28.2 Å². The first kappa shape index (κ1) is 24.3. The molecule has 0 amide bonds. The molecule has 0 atom stereocenters. The molecule has 0 spiro atoms. The zero-order valence-electron chi connectivity index (χ0n) is 20.4. The van der Waals surface area contributed by atoms with E-state index in [1.807, 2.05) is 39.8 Å². The Hall–Kier alpha value is -3.80. The first-order valence-corrected chi connectivity index (χ1v) is 12.0. The van der Waals surface area contributed by atoms with Gasteiger partial charge in [-0.1, -0.05) is 45.9 Å². The number of phenols is 2. The van der Waals surface area contributed by atoms with Crippen molar-refractivity contribution in [1.82, 2.24) is 0 Å². The third-order valence-corrected chi connectivity index (χ3v) is 7.03. The summed E-state index contributed by atoms with van der Waals surface area (Å²) in [6, 6.07) is 11.4. The number of rotatable bonds is 7. The molecule has 6 nitrogen and oxygen atoms in total. The largest absolute Gasteiger partial charge is 0.508 e. The van der Waals surface area contributed by atoms with Crippen molar-refractivity contribution in [2.24, 2.45) is 0 Å². The van der Waals surface area contributed by atoms with Crippen molar-refractivity contribution in [2.75, 3.05) is 0 Å². The molecule has 0 aliphatic carbocycles. The van der Waals surface area contributed by atoms with Gasteiger partial charge in [0.25, 0.3) is 0 Å². The number of benzene rings is 3. The van der Waals surface area contributed by atoms with Crippen LogP contribution in [0.5, 0.6) is 11.5 Å². The van der Waals surface area contributed by atoms with Crippen LogP contribution in [0.2, 0.25) is 0 Å². The highest BCUT2D eigenvalue weighted by Crippen LogP contribution is 2.51. The summed E-state index contributed by atoms with van der Waals surface area (Å²) in [7, 11) is 0. The van der Waals surface area contributed by atoms with Crippen LogP contribution in [0.25, 0.3) is 0 Å². The normalized spacial score (nSPS) is 14.0. The van der Waals surface area contributed by atoms with Gasteiger partial charge >= 0.3 is 11.9 Å². The summed E-state index contributed by atoms with van der Waals surface area (Å²) in [6.45, 7) is 7.84. The fourth-order valence-corrected chi connectivity index (χ4v) is 5.38. The molecule has 0 saturated carbocycles. The monoisotopic (exact) mass is 474 g/mol. The van der Waals surface area contributed by atoms with Crippen LogP contribution in [0.3, 0.4) is 0 Å². The van der Waals surface area contributed by atoms with E-state index in [1.54, 1.807) is 18.2 Å². The molecule has 1 heterocycles. The number of aromatic carboxylic acids is 1. The van der Waals surface area contributed by atoms with Gasteiger partial charge in [-0.05, 0) is 72.2 Å². The quantitative estimate of drug-likeness (QED) is 0.390. The highest BCUT2D eigenvalue weighted by molar-refractivity contribution is 6.02. The van der Waals surface area contributed by atoms with Crippen LogP contribution in [-0.4, -0.2) is 27.3 Å². The number of esters is 1. The Morgan fingerprint density at radius 3 is 1.77 bits per heavy atom. The molecule has 182 valence electrons. The zero-order valence-corrected chi connectivity index (χ0v) is 20.4. The molecule has 1 aliphatic heterocycles. The number of carbonyl (C=O) groups is 2. The number of carbonyl (C=O) groups excluding carboxylic acids is 1. The van der Waals surface area contributed by atoms with Gasteiger partial charge < -0.3 is 20.1 Å². The van der Waals surface area contributed by atoms with Gasteiger partial charge in [0.05, 0.1) is 11.1 Å². The molecule has 0 bridgehead atoms. The van der Waals surface area contributed by atoms with E-state index in [1.165, 1.54) is 12.1 Å². The first-order valence-electron chi connectivity index (χ1n) is 12.0. The zero-order chi connectivity index (χ0) is 25.5. The highest BCUT2D eigenvalue weighted by atomic mass is 16.6. The van der Waals surface area contributed by atoms with E-state index in [9.17, 15) is 24.9 Å². The minimum atomic E-state index is -1.65. The molecule has 35 heavy (non-hydrogen) atoms. The molecule has 0 saturated heterocycles. The number of aryl methyl sites for hydroxylation is 2. The smallest absolute Gasteiger partial charge is 0.340 e. The topological polar surface area (TPSA) is 104 Å². The Balaban J connectivity index is 2.19. The second kappa shape index (κ2) is 9.10. The number of hydrogen-bond acceptors (Lipinski definition) is 5. The lowest BCUT2D eigenvalue weighted by Gasteiger charge is -2.33. The average Bonchev–Trinajstić information content (AvgIpc) is 3.16. The molecule has 0 radical (unpaired) electrons. The molecule has 1 aliphatic rings. The SMILES string of the molecule is CCc1cc(C2(c3cc(O)c(CC)c(CC)c3)OC(=O)c3cccc(C(=O)O)c32)cc(O)c1CC. The van der Waals surface area contributed by atoms with Crippen molar-refractivity contribution in [3.63, 3.8) is 0 Å². The van der Waals surface area contributed by atoms with E-state index in [0.29, 0.717) is 36.8 Å². The maximum atomic E-state index is 13.2. The van der Waals surface area contributed by atoms with Crippen LogP contribution >= 0.6 is 0 Å². The van der Waals surface area contributed by atoms with Crippen LogP contribution in [-0.2, 0) is 36.0 Å². The van der Waals surface area contributed by atoms with Gasteiger partial charge in [-0.25, -0.2) is 9.59 Å². The van der Waals surface area contributed by atoms with Gasteiger partial charge in [0.15, 0.2) is 5.60 Å². The maximum Gasteiger partial charge on any atom is 0.340 e. The van der Waals surface area contributed by atoms with E-state index in [2.05, 4.69) is 0 Å². The van der Waals surface area contributed by atoms with Gasteiger partial charge in [-0.3, -0.25) is 0 Å². The Bertz CT molecular complexity index is 1280. The number of ether oxygens (including phenoxy) is 1. The third-order valence-electron chi connectivity index (χ3n) is 7.03. The predicted octanol–water partition coefficient (Wildman–Crippen LogP) is 5.51. The average molecular weight is 475 g/mol. The molecular weight excluding hydrogens is 444 g/mol. The lowest BCUT2D eigenvalue weighted by Crippen LogP contribution is -2.32. The minimum Gasteiger partial charge on any atom is -0.508 e. The van der Waals surface area contributed by atoms with Crippen LogP contribution in [0.15, 0.2) is 42.5 Å². The molecule has 3 aromatic rings. The van der Waals surface area contributed by atoms with Crippen LogP contribution < -0.4 is 0 Å². The lowest BCUT2D eigenvalue weighted by molar-refractivity contribution is 0.0244. The summed E-state index contributed by atoms with van der Waals surface area (Å²) >= 11 is 0. The number of hydrogen-bond donors (Lipinski definition) is 3. The number of aromatic hydroxyl groups is 2. The van der Waals surface area contributed by atoms with Gasteiger partial charge in [-0.2, -0.15) is 0 Å². The molecular formula is C29H30O6. The Kier molecular flexibility index (Phi) is 6.32. The van der Waals surface area contributed by atoms with Crippen LogP contribution in [0.4, 0.5) is 0 Å². The standard InChI is InChI=1S/C29H30O6/c1-5-16-12-18(14-24(30)20(16)7-3)29(19-13-17(6-2)21(8-4)25(31)15-19)26-22(27(32)33)10-9-11-23(26)28(34)35-29/h9-15,30-31H,5-8H2,1-4H3,(H,32,33). The molecule has 6 heteroatoms. The Morgan fingerprint density at radius 2 is 1.34 bits per heavy atom. The molecule has 4 rings (SSSR count). The molecule has 0 unspecified atom stereocenters. The second-order valence-corrected chi connectivity index (χ2v) is 8.78. The third kappa shape index (κ3) is 3.64. The second-order valence-electron chi connectivity index (χ2n) is 8.78. The van der Waals surface area contributed by atoms with Crippen molar-refractivity contribution < 1.29 is 29.6 Å². The van der Waals surface area contributed by atoms with Crippen molar-refractivity contribution in [2.45, 2.75) is 59.0 Å². The summed E-state index contributed by atoms with van der Waals surface area (Å²) < 4.78 is 6.11. The number of phenolic OH excluding ortho intramolecular Hbond substituents is 2. The van der Waals surface area contributed by atoms with E-state index in [4.69, 9.17) is 4.74 Å². The number of cyclic esters (lactones) is 1. The Labute approximate surface area is 204 Å². The molecule has 3 N–H and O–H groups in total. The van der Waals surface area contributed by atoms with Gasteiger partial charge in [-0.15, -0.1) is 0 Å². The summed E-state index contributed by atoms with van der Waals surface area (Å²) in [6.07, 6.45) is 2.49. The highest BCUT2D eigenvalue weighted by Gasteiger charge is 2.51. The number of carboxylic acid groups (broad SMARTS) is 1. The molecule has 0 fully saturated rings. The number of carboxylic acids is 1. The van der Waals surface area contributed by atoms with Crippen molar-refractivity contribution >= 4 is 11.9 Å². The van der Waals surface area contributed by atoms with Crippen molar-refractivity contribution in [3.8, 4) is 11.5 Å². The van der Waals surface area contributed by atoms with Crippen LogP contribution in [0.1, 0.15) is 87.4 Å². The van der Waals surface area contributed by atoms with Gasteiger partial charge in [0, 0.05) is 16.7 Å². The van der Waals surface area contributed by atoms with Gasteiger partial charge in [0.1, 0.15) is 11.5 Å². The number of fused-ring (bicyclic) bond motifs is 1. The predicted molar refractivity (Wildman–Crippen MR) is 132 cm³/mol. The first-order chi connectivity index (χ1) is 16.7. The molecule has 3 aromatic carbocycles. The summed E-state index contributed by atoms with van der Waals surface area (Å²) in [4.78, 5) is 25.5. The summed E-state index contributed by atoms with van der Waals surface area (Å²) in [5, 5.41) is 32.0. The summed E-state index contributed by atoms with van der Waals surface area (Å²) in [5.41, 5.74) is 2.86. The van der Waals surface area contributed by atoms with Crippen LogP contribution in [0, 0.1) is 0 Å². The molecule has 0 aromatic heterocycles. The van der Waals surface area contributed by atoms with E-state index >= 15 is 0 Å². The van der Waals surface area contributed by atoms with Crippen molar-refractivity contribution in [1.29, 1.82) is 0 Å². The van der Waals surface area contributed by atoms with E-state index in [0.717, 1.165) is 22.3 Å².